The second-order valence-electron chi connectivity index (χ2n) is 6.05. The molecule has 1 amide bonds. The van der Waals surface area contributed by atoms with E-state index >= 15 is 0 Å². The van der Waals surface area contributed by atoms with Crippen LogP contribution >= 0.6 is 0 Å². The van der Waals surface area contributed by atoms with Crippen LogP contribution in [0, 0.1) is 0 Å². The van der Waals surface area contributed by atoms with Crippen LogP contribution in [0.2, 0.25) is 0 Å². The molecule has 132 valence electrons. The lowest BCUT2D eigenvalue weighted by molar-refractivity contribution is 0.0988. The van der Waals surface area contributed by atoms with E-state index in [4.69, 9.17) is 0 Å². The molecular weight excluding hydrogens is 326 g/mol. The number of hydrogen-bond acceptors (Lipinski definition) is 5. The molecule has 0 aliphatic carbocycles. The first-order valence-corrected chi connectivity index (χ1v) is 8.24. The summed E-state index contributed by atoms with van der Waals surface area (Å²) in [7, 11) is 5.72. The lowest BCUT2D eigenvalue weighted by Crippen LogP contribution is -2.27. The normalized spacial score (nSPS) is 10.3. The number of carbonyl (C=O) groups excluding carboxylic acids is 1. The van der Waals surface area contributed by atoms with Gasteiger partial charge in [-0.25, -0.2) is 9.97 Å². The van der Waals surface area contributed by atoms with Crippen molar-refractivity contribution in [3.05, 3.63) is 72.7 Å². The molecule has 0 aliphatic heterocycles. The zero-order chi connectivity index (χ0) is 18.5. The van der Waals surface area contributed by atoms with Crippen LogP contribution in [0.3, 0.4) is 0 Å². The van der Waals surface area contributed by atoms with Gasteiger partial charge < -0.3 is 15.1 Å². The number of amides is 1. The summed E-state index contributed by atoms with van der Waals surface area (Å²) in [6.07, 6.45) is 1.39. The monoisotopic (exact) mass is 347 g/mol. The molecule has 0 saturated carbocycles. The minimum Gasteiger partial charge on any atom is -0.378 e. The number of aromatic nitrogens is 2. The second-order valence-corrected chi connectivity index (χ2v) is 6.05. The summed E-state index contributed by atoms with van der Waals surface area (Å²) in [5.74, 6) is 0.382. The Bertz CT molecular complexity index is 878. The Labute approximate surface area is 153 Å². The van der Waals surface area contributed by atoms with Gasteiger partial charge in [0.05, 0.1) is 0 Å². The van der Waals surface area contributed by atoms with Crippen LogP contribution in [0.5, 0.6) is 0 Å². The van der Waals surface area contributed by atoms with E-state index in [9.17, 15) is 4.79 Å². The summed E-state index contributed by atoms with van der Waals surface area (Å²) in [4.78, 5) is 24.6. The molecule has 1 heterocycles. The van der Waals surface area contributed by atoms with Gasteiger partial charge in [0.2, 0.25) is 0 Å². The van der Waals surface area contributed by atoms with Crippen molar-refractivity contribution < 1.29 is 4.79 Å². The molecule has 6 heteroatoms. The molecule has 0 spiro atoms. The Morgan fingerprint density at radius 2 is 1.58 bits per heavy atom. The minimum absolute atomic E-state index is 0.190. The molecule has 2 aromatic carbocycles. The molecule has 26 heavy (non-hydrogen) atoms. The van der Waals surface area contributed by atoms with E-state index in [1.54, 1.807) is 18.0 Å². The highest BCUT2D eigenvalue weighted by molar-refractivity contribution is 6.04. The number of nitrogens with zero attached hydrogens (tertiary/aromatic N) is 4. The van der Waals surface area contributed by atoms with Gasteiger partial charge in [-0.05, 0) is 36.4 Å². The first-order valence-electron chi connectivity index (χ1n) is 8.24. The maximum Gasteiger partial charge on any atom is 0.276 e. The largest absolute Gasteiger partial charge is 0.378 e. The van der Waals surface area contributed by atoms with E-state index in [1.165, 1.54) is 6.33 Å². The number of benzene rings is 2. The fourth-order valence-electron chi connectivity index (χ4n) is 2.47. The van der Waals surface area contributed by atoms with Crippen molar-refractivity contribution in [3.63, 3.8) is 0 Å². The van der Waals surface area contributed by atoms with E-state index in [0.717, 1.165) is 17.1 Å². The first-order chi connectivity index (χ1) is 12.5. The second kappa shape index (κ2) is 7.65. The Morgan fingerprint density at radius 3 is 2.23 bits per heavy atom. The van der Waals surface area contributed by atoms with Gasteiger partial charge in [0, 0.05) is 44.3 Å². The summed E-state index contributed by atoms with van der Waals surface area (Å²) in [6.45, 7) is 0. The Balaban J connectivity index is 1.76. The van der Waals surface area contributed by atoms with Gasteiger partial charge in [-0.2, -0.15) is 0 Å². The summed E-state index contributed by atoms with van der Waals surface area (Å²) < 4.78 is 0. The van der Waals surface area contributed by atoms with Gasteiger partial charge in [0.25, 0.3) is 5.91 Å². The van der Waals surface area contributed by atoms with Crippen molar-refractivity contribution >= 4 is 28.8 Å². The number of anilines is 4. The molecule has 0 bridgehead atoms. The zero-order valence-corrected chi connectivity index (χ0v) is 15.0. The lowest BCUT2D eigenvalue weighted by Gasteiger charge is -2.17. The van der Waals surface area contributed by atoms with Gasteiger partial charge in [-0.1, -0.05) is 18.2 Å². The molecular formula is C20H21N5O. The van der Waals surface area contributed by atoms with Gasteiger partial charge in [-0.3, -0.25) is 4.79 Å². The molecule has 6 nitrogen and oxygen atoms in total. The fourth-order valence-corrected chi connectivity index (χ4v) is 2.47. The van der Waals surface area contributed by atoms with Crippen molar-refractivity contribution in [3.8, 4) is 0 Å². The minimum atomic E-state index is -0.190. The molecule has 0 atom stereocenters. The van der Waals surface area contributed by atoms with Crippen LogP contribution in [-0.2, 0) is 0 Å². The van der Waals surface area contributed by atoms with E-state index in [2.05, 4.69) is 15.3 Å². The number of carbonyl (C=O) groups is 1. The Morgan fingerprint density at radius 1 is 0.885 bits per heavy atom. The van der Waals surface area contributed by atoms with Crippen LogP contribution in [0.1, 0.15) is 10.5 Å². The van der Waals surface area contributed by atoms with Crippen LogP contribution < -0.4 is 15.1 Å². The highest BCUT2D eigenvalue weighted by Gasteiger charge is 2.15. The molecule has 0 radical (unpaired) electrons. The molecule has 1 aromatic heterocycles. The SMILES string of the molecule is CN(C)c1ccc(Nc2cc(C(=O)N(C)c3ccccc3)ncn2)cc1. The molecule has 3 aromatic rings. The van der Waals surface area contributed by atoms with Crippen molar-refractivity contribution in [2.24, 2.45) is 0 Å². The average molecular weight is 347 g/mol. The number of nitrogens with one attached hydrogen (secondary N) is 1. The zero-order valence-electron chi connectivity index (χ0n) is 15.0. The molecule has 0 aliphatic rings. The number of rotatable bonds is 5. The van der Waals surface area contributed by atoms with Crippen molar-refractivity contribution in [1.29, 1.82) is 0 Å². The van der Waals surface area contributed by atoms with Gasteiger partial charge >= 0.3 is 0 Å². The summed E-state index contributed by atoms with van der Waals surface area (Å²) >= 11 is 0. The third-order valence-electron chi connectivity index (χ3n) is 3.99. The molecule has 0 saturated heterocycles. The first kappa shape index (κ1) is 17.4. The van der Waals surface area contributed by atoms with Crippen LogP contribution in [0.4, 0.5) is 22.9 Å². The smallest absolute Gasteiger partial charge is 0.276 e. The molecule has 3 rings (SSSR count). The summed E-state index contributed by atoms with van der Waals surface area (Å²) in [5, 5.41) is 3.20. The average Bonchev–Trinajstić information content (AvgIpc) is 2.68. The van der Waals surface area contributed by atoms with E-state index in [1.807, 2.05) is 73.6 Å². The van der Waals surface area contributed by atoms with Crippen molar-refractivity contribution in [1.82, 2.24) is 9.97 Å². The third kappa shape index (κ3) is 3.97. The van der Waals surface area contributed by atoms with Crippen molar-refractivity contribution in [2.75, 3.05) is 36.3 Å². The van der Waals surface area contributed by atoms with E-state index < -0.39 is 0 Å². The Kier molecular flexibility index (Phi) is 5.12. The number of para-hydroxylation sites is 1. The molecule has 0 fully saturated rings. The summed E-state index contributed by atoms with van der Waals surface area (Å²) in [6, 6.07) is 19.1. The predicted molar refractivity (Wildman–Crippen MR) is 105 cm³/mol. The van der Waals surface area contributed by atoms with Crippen LogP contribution in [-0.4, -0.2) is 37.0 Å². The van der Waals surface area contributed by atoms with Crippen molar-refractivity contribution in [2.45, 2.75) is 0 Å². The van der Waals surface area contributed by atoms with E-state index in [0.29, 0.717) is 11.5 Å². The van der Waals surface area contributed by atoms with Gasteiger partial charge in [-0.15, -0.1) is 0 Å². The van der Waals surface area contributed by atoms with Gasteiger partial charge in [0.15, 0.2) is 0 Å². The van der Waals surface area contributed by atoms with Gasteiger partial charge in [0.1, 0.15) is 17.8 Å². The summed E-state index contributed by atoms with van der Waals surface area (Å²) in [5.41, 5.74) is 3.14. The maximum atomic E-state index is 12.7. The highest BCUT2D eigenvalue weighted by atomic mass is 16.2. The van der Waals surface area contributed by atoms with Crippen LogP contribution in [0.15, 0.2) is 67.0 Å². The number of hydrogen-bond donors (Lipinski definition) is 1. The maximum absolute atomic E-state index is 12.7. The van der Waals surface area contributed by atoms with E-state index in [-0.39, 0.29) is 5.91 Å². The third-order valence-corrected chi connectivity index (χ3v) is 3.99. The molecule has 0 unspecified atom stereocenters. The Hall–Kier alpha value is -3.41. The quantitative estimate of drug-likeness (QED) is 0.765. The van der Waals surface area contributed by atoms with Crippen LogP contribution in [0.25, 0.3) is 0 Å². The predicted octanol–water partition coefficient (Wildman–Crippen LogP) is 3.56. The lowest BCUT2D eigenvalue weighted by atomic mass is 10.2. The molecule has 1 N–H and O–H groups in total. The topological polar surface area (TPSA) is 61.4 Å². The fraction of sp³-hybridized carbons (Fsp3) is 0.150. The highest BCUT2D eigenvalue weighted by Crippen LogP contribution is 2.20. The standard InChI is InChI=1S/C20H21N5O/c1-24(2)16-11-9-15(10-12-16)23-19-13-18(21-14-22-19)20(26)25(3)17-7-5-4-6-8-17/h4-14H,1-3H3,(H,21,22,23).